The standard InChI is InChI=1S/C19H19N3O3/c1-14-7-6-8-15(13-14)22-19(24)21-11-4-5-12-25-17-10-3-2-9-16(17)18(20)23/h2-3,6-10,13H,11-12H2,1H3,(H2,20,23)(H2,21,22,24). The first-order valence-corrected chi connectivity index (χ1v) is 7.65. The van der Waals surface area contributed by atoms with Crippen LogP contribution in [0.25, 0.3) is 0 Å². The summed E-state index contributed by atoms with van der Waals surface area (Å²) in [4.78, 5) is 23.0. The first-order chi connectivity index (χ1) is 12.1. The predicted molar refractivity (Wildman–Crippen MR) is 96.4 cm³/mol. The lowest BCUT2D eigenvalue weighted by atomic mass is 10.2. The van der Waals surface area contributed by atoms with Crippen LogP contribution in [0.15, 0.2) is 48.5 Å². The molecule has 2 aromatic rings. The molecule has 128 valence electrons. The molecule has 0 aliphatic carbocycles. The zero-order valence-electron chi connectivity index (χ0n) is 13.8. The Morgan fingerprint density at radius 2 is 1.92 bits per heavy atom. The summed E-state index contributed by atoms with van der Waals surface area (Å²) in [5.74, 6) is 5.36. The van der Waals surface area contributed by atoms with Crippen molar-refractivity contribution in [2.24, 2.45) is 5.73 Å². The zero-order valence-corrected chi connectivity index (χ0v) is 13.8. The van der Waals surface area contributed by atoms with Crippen molar-refractivity contribution in [3.8, 4) is 17.6 Å². The molecule has 0 radical (unpaired) electrons. The Morgan fingerprint density at radius 1 is 1.12 bits per heavy atom. The Morgan fingerprint density at radius 3 is 2.68 bits per heavy atom. The average molecular weight is 337 g/mol. The number of para-hydroxylation sites is 1. The summed E-state index contributed by atoms with van der Waals surface area (Å²) in [6.07, 6.45) is 0. The van der Waals surface area contributed by atoms with Gasteiger partial charge in [0.05, 0.1) is 12.1 Å². The Labute approximate surface area is 146 Å². The zero-order chi connectivity index (χ0) is 18.1. The van der Waals surface area contributed by atoms with Gasteiger partial charge in [-0.1, -0.05) is 36.1 Å². The van der Waals surface area contributed by atoms with Crippen molar-refractivity contribution >= 4 is 17.6 Å². The third-order valence-corrected chi connectivity index (χ3v) is 3.19. The van der Waals surface area contributed by atoms with E-state index in [0.29, 0.717) is 11.3 Å². The minimum absolute atomic E-state index is 0.0888. The summed E-state index contributed by atoms with van der Waals surface area (Å²) in [6, 6.07) is 13.8. The number of hydrogen-bond acceptors (Lipinski definition) is 3. The normalized spacial score (nSPS) is 9.48. The Balaban J connectivity index is 1.74. The first-order valence-electron chi connectivity index (χ1n) is 7.65. The Hall–Kier alpha value is -3.46. The van der Waals surface area contributed by atoms with Gasteiger partial charge in [-0.3, -0.25) is 4.79 Å². The van der Waals surface area contributed by atoms with E-state index in [9.17, 15) is 9.59 Å². The van der Waals surface area contributed by atoms with Gasteiger partial charge in [0, 0.05) is 5.69 Å². The highest BCUT2D eigenvalue weighted by Gasteiger charge is 2.07. The second-order valence-corrected chi connectivity index (χ2v) is 5.18. The van der Waals surface area contributed by atoms with Crippen molar-refractivity contribution in [1.29, 1.82) is 0 Å². The molecular weight excluding hydrogens is 318 g/mol. The molecule has 6 nitrogen and oxygen atoms in total. The van der Waals surface area contributed by atoms with Gasteiger partial charge in [0.15, 0.2) is 0 Å². The van der Waals surface area contributed by atoms with E-state index in [1.54, 1.807) is 24.3 Å². The van der Waals surface area contributed by atoms with Crippen LogP contribution in [0.4, 0.5) is 10.5 Å². The van der Waals surface area contributed by atoms with E-state index >= 15 is 0 Å². The molecule has 0 heterocycles. The van der Waals surface area contributed by atoms with Gasteiger partial charge in [-0.25, -0.2) is 4.79 Å². The molecule has 2 aromatic carbocycles. The van der Waals surface area contributed by atoms with Gasteiger partial charge in [0.25, 0.3) is 5.91 Å². The van der Waals surface area contributed by atoms with E-state index in [-0.39, 0.29) is 19.2 Å². The van der Waals surface area contributed by atoms with Crippen molar-refractivity contribution in [3.05, 3.63) is 59.7 Å². The highest BCUT2D eigenvalue weighted by molar-refractivity contribution is 5.95. The number of nitrogens with one attached hydrogen (secondary N) is 2. The molecule has 0 fully saturated rings. The van der Waals surface area contributed by atoms with Gasteiger partial charge in [0.1, 0.15) is 12.4 Å². The summed E-state index contributed by atoms with van der Waals surface area (Å²) < 4.78 is 5.41. The van der Waals surface area contributed by atoms with Crippen LogP contribution in [0.3, 0.4) is 0 Å². The van der Waals surface area contributed by atoms with Crippen LogP contribution in [0.2, 0.25) is 0 Å². The highest BCUT2D eigenvalue weighted by Crippen LogP contribution is 2.16. The number of carbonyl (C=O) groups excluding carboxylic acids is 2. The summed E-state index contributed by atoms with van der Waals surface area (Å²) in [7, 11) is 0. The summed E-state index contributed by atoms with van der Waals surface area (Å²) in [6.45, 7) is 2.22. The number of amides is 3. The summed E-state index contributed by atoms with van der Waals surface area (Å²) in [5.41, 5.74) is 7.35. The number of anilines is 1. The molecule has 2 rings (SSSR count). The van der Waals surface area contributed by atoms with Crippen molar-refractivity contribution in [1.82, 2.24) is 5.32 Å². The molecule has 0 saturated heterocycles. The fourth-order valence-corrected chi connectivity index (χ4v) is 2.05. The molecule has 0 aliphatic rings. The number of aryl methyl sites for hydroxylation is 1. The number of rotatable bonds is 5. The fraction of sp³-hybridized carbons (Fsp3) is 0.158. The third kappa shape index (κ3) is 5.92. The largest absolute Gasteiger partial charge is 0.480 e. The van der Waals surface area contributed by atoms with Crippen LogP contribution in [0.5, 0.6) is 5.75 Å². The van der Waals surface area contributed by atoms with E-state index in [1.165, 1.54) is 0 Å². The Bertz CT molecular complexity index is 822. The maximum Gasteiger partial charge on any atom is 0.319 e. The topological polar surface area (TPSA) is 93.4 Å². The molecule has 0 bridgehead atoms. The lowest BCUT2D eigenvalue weighted by Crippen LogP contribution is -2.28. The molecular formula is C19H19N3O3. The molecule has 4 N–H and O–H groups in total. The number of carbonyl (C=O) groups is 2. The second kappa shape index (κ2) is 8.99. The van der Waals surface area contributed by atoms with Gasteiger partial charge in [-0.15, -0.1) is 0 Å². The number of nitrogens with two attached hydrogens (primary N) is 1. The molecule has 0 saturated carbocycles. The molecule has 0 aliphatic heterocycles. The lowest BCUT2D eigenvalue weighted by Gasteiger charge is -2.06. The van der Waals surface area contributed by atoms with E-state index in [4.69, 9.17) is 10.5 Å². The van der Waals surface area contributed by atoms with Crippen LogP contribution in [-0.2, 0) is 0 Å². The van der Waals surface area contributed by atoms with Crippen molar-refractivity contribution in [2.45, 2.75) is 6.92 Å². The second-order valence-electron chi connectivity index (χ2n) is 5.18. The maximum atomic E-state index is 11.7. The van der Waals surface area contributed by atoms with E-state index < -0.39 is 5.91 Å². The quantitative estimate of drug-likeness (QED) is 0.731. The van der Waals surface area contributed by atoms with Gasteiger partial charge in [-0.2, -0.15) is 0 Å². The van der Waals surface area contributed by atoms with Crippen LogP contribution in [0, 0.1) is 18.8 Å². The van der Waals surface area contributed by atoms with E-state index in [2.05, 4.69) is 22.5 Å². The van der Waals surface area contributed by atoms with E-state index in [1.807, 2.05) is 31.2 Å². The highest BCUT2D eigenvalue weighted by atomic mass is 16.5. The number of ether oxygens (including phenoxy) is 1. The minimum Gasteiger partial charge on any atom is -0.480 e. The van der Waals surface area contributed by atoms with Crippen LogP contribution >= 0.6 is 0 Å². The molecule has 0 spiro atoms. The maximum absolute atomic E-state index is 11.7. The first kappa shape index (κ1) is 17.9. The van der Waals surface area contributed by atoms with Crippen LogP contribution < -0.4 is 21.1 Å². The summed E-state index contributed by atoms with van der Waals surface area (Å²) in [5, 5.41) is 5.34. The van der Waals surface area contributed by atoms with Gasteiger partial charge >= 0.3 is 6.03 Å². The lowest BCUT2D eigenvalue weighted by molar-refractivity contribution is 0.0997. The predicted octanol–water partition coefficient (Wildman–Crippen LogP) is 2.30. The monoisotopic (exact) mass is 337 g/mol. The fourth-order valence-electron chi connectivity index (χ4n) is 2.05. The Kier molecular flexibility index (Phi) is 6.43. The number of benzene rings is 2. The average Bonchev–Trinajstić information content (AvgIpc) is 2.58. The van der Waals surface area contributed by atoms with E-state index in [0.717, 1.165) is 11.3 Å². The van der Waals surface area contributed by atoms with Gasteiger partial charge in [0.2, 0.25) is 0 Å². The molecule has 25 heavy (non-hydrogen) atoms. The van der Waals surface area contributed by atoms with Crippen molar-refractivity contribution in [2.75, 3.05) is 18.5 Å². The number of primary amides is 1. The van der Waals surface area contributed by atoms with Crippen molar-refractivity contribution in [3.63, 3.8) is 0 Å². The molecule has 0 aromatic heterocycles. The third-order valence-electron chi connectivity index (χ3n) is 3.19. The number of urea groups is 1. The molecule has 3 amide bonds. The smallest absolute Gasteiger partial charge is 0.319 e. The molecule has 6 heteroatoms. The van der Waals surface area contributed by atoms with Gasteiger partial charge in [-0.05, 0) is 36.8 Å². The summed E-state index contributed by atoms with van der Waals surface area (Å²) >= 11 is 0. The van der Waals surface area contributed by atoms with Crippen LogP contribution in [0.1, 0.15) is 15.9 Å². The molecule has 0 atom stereocenters. The SMILES string of the molecule is Cc1cccc(NC(=O)NCC#CCOc2ccccc2C(N)=O)c1. The van der Waals surface area contributed by atoms with Crippen molar-refractivity contribution < 1.29 is 14.3 Å². The minimum atomic E-state index is -0.557. The van der Waals surface area contributed by atoms with Crippen LogP contribution in [-0.4, -0.2) is 25.1 Å². The number of hydrogen-bond donors (Lipinski definition) is 3. The van der Waals surface area contributed by atoms with Gasteiger partial charge < -0.3 is 21.1 Å². The molecule has 0 unspecified atom stereocenters.